The number of carbonyl (C=O) groups excluding carboxylic acids is 1. The molecule has 1 aliphatic heterocycles. The molecule has 138 valence electrons. The van der Waals surface area contributed by atoms with Crippen LogP contribution in [0.2, 0.25) is 0 Å². The van der Waals surface area contributed by atoms with Crippen molar-refractivity contribution in [3.63, 3.8) is 0 Å². The van der Waals surface area contributed by atoms with Crippen molar-refractivity contribution in [1.82, 2.24) is 14.3 Å². The second-order valence-electron chi connectivity index (χ2n) is 6.95. The summed E-state index contributed by atoms with van der Waals surface area (Å²) in [7, 11) is -3.74. The first-order chi connectivity index (χ1) is 12.1. The van der Waals surface area contributed by atoms with E-state index >= 15 is 0 Å². The molecule has 0 spiro atoms. The molecule has 1 aliphatic carbocycles. The molecule has 1 saturated carbocycles. The van der Waals surface area contributed by atoms with Crippen molar-refractivity contribution >= 4 is 16.1 Å². The molecule has 1 saturated heterocycles. The number of piperidine rings is 1. The summed E-state index contributed by atoms with van der Waals surface area (Å²) in [6.45, 7) is 1.39. The van der Waals surface area contributed by atoms with E-state index in [9.17, 15) is 13.2 Å². The number of hydrogen-bond donors (Lipinski definition) is 2. The van der Waals surface area contributed by atoms with Crippen LogP contribution in [0.25, 0.3) is 0 Å². The first-order valence-electron chi connectivity index (χ1n) is 9.18. The smallest absolute Gasteiger partial charge is 0.278 e. The summed E-state index contributed by atoms with van der Waals surface area (Å²) in [6, 6.07) is 8.19. The van der Waals surface area contributed by atoms with E-state index in [4.69, 9.17) is 0 Å². The van der Waals surface area contributed by atoms with Crippen molar-refractivity contribution in [1.29, 1.82) is 0 Å². The van der Waals surface area contributed by atoms with Gasteiger partial charge in [-0.05, 0) is 37.7 Å². The van der Waals surface area contributed by atoms with Gasteiger partial charge >= 0.3 is 0 Å². The van der Waals surface area contributed by atoms with Gasteiger partial charge < -0.3 is 4.90 Å². The molecule has 1 heterocycles. The van der Waals surface area contributed by atoms with Gasteiger partial charge in [0.2, 0.25) is 5.91 Å². The second-order valence-corrected chi connectivity index (χ2v) is 8.43. The lowest BCUT2D eigenvalue weighted by Crippen LogP contribution is -2.49. The zero-order chi connectivity index (χ0) is 17.7. The normalized spacial score (nSPS) is 20.6. The van der Waals surface area contributed by atoms with Gasteiger partial charge in [0.25, 0.3) is 10.2 Å². The Balaban J connectivity index is 1.77. The van der Waals surface area contributed by atoms with Crippen LogP contribution in [0.15, 0.2) is 30.3 Å². The van der Waals surface area contributed by atoms with Gasteiger partial charge in [0.05, 0.1) is 0 Å². The minimum absolute atomic E-state index is 0.0287. The zero-order valence-corrected chi connectivity index (χ0v) is 15.3. The molecule has 3 rings (SSSR count). The van der Waals surface area contributed by atoms with Crippen LogP contribution >= 0.6 is 0 Å². The van der Waals surface area contributed by atoms with Crippen LogP contribution in [0.1, 0.15) is 56.6 Å². The molecule has 1 amide bonds. The summed E-state index contributed by atoms with van der Waals surface area (Å²) in [5.41, 5.74) is 0.676. The molecule has 1 aromatic carbocycles. The fourth-order valence-electron chi connectivity index (χ4n) is 3.66. The maximum Gasteiger partial charge on any atom is 0.278 e. The SMILES string of the molecule is O=C(C(NS(=O)(=O)NC1CCCC1)c1ccccc1)N1CCCCC1. The topological polar surface area (TPSA) is 78.5 Å². The van der Waals surface area contributed by atoms with Crippen molar-refractivity contribution in [3.8, 4) is 0 Å². The Bertz CT molecular complexity index is 666. The fourth-order valence-corrected chi connectivity index (χ4v) is 4.95. The molecule has 7 heteroatoms. The van der Waals surface area contributed by atoms with Crippen LogP contribution in [0.3, 0.4) is 0 Å². The minimum atomic E-state index is -3.74. The summed E-state index contributed by atoms with van der Waals surface area (Å²) in [5.74, 6) is -0.164. The summed E-state index contributed by atoms with van der Waals surface area (Å²) < 4.78 is 30.4. The Hall–Kier alpha value is -1.44. The summed E-state index contributed by atoms with van der Waals surface area (Å²) in [5, 5.41) is 0. The van der Waals surface area contributed by atoms with E-state index < -0.39 is 16.3 Å². The van der Waals surface area contributed by atoms with E-state index in [1.807, 2.05) is 18.2 Å². The number of carbonyl (C=O) groups is 1. The Morgan fingerprint density at radius 3 is 2.28 bits per heavy atom. The molecule has 2 aliphatic rings. The summed E-state index contributed by atoms with van der Waals surface area (Å²) in [4.78, 5) is 14.8. The zero-order valence-electron chi connectivity index (χ0n) is 14.5. The fraction of sp³-hybridized carbons (Fsp3) is 0.611. The Labute approximate surface area is 150 Å². The quantitative estimate of drug-likeness (QED) is 0.810. The lowest BCUT2D eigenvalue weighted by atomic mass is 10.0. The van der Waals surface area contributed by atoms with Gasteiger partial charge in [0, 0.05) is 19.1 Å². The number of rotatable bonds is 6. The van der Waals surface area contributed by atoms with Gasteiger partial charge in [-0.1, -0.05) is 43.2 Å². The molecule has 1 atom stereocenters. The second kappa shape index (κ2) is 8.29. The van der Waals surface area contributed by atoms with Gasteiger partial charge in [-0.25, -0.2) is 0 Å². The number of likely N-dealkylation sites (tertiary alicyclic amines) is 1. The van der Waals surface area contributed by atoms with Gasteiger partial charge in [-0.15, -0.1) is 0 Å². The third kappa shape index (κ3) is 5.03. The number of nitrogens with one attached hydrogen (secondary N) is 2. The predicted molar refractivity (Wildman–Crippen MR) is 97.1 cm³/mol. The Morgan fingerprint density at radius 2 is 1.64 bits per heavy atom. The Morgan fingerprint density at radius 1 is 1.00 bits per heavy atom. The van der Waals surface area contributed by atoms with E-state index in [0.29, 0.717) is 18.7 Å². The van der Waals surface area contributed by atoms with E-state index in [2.05, 4.69) is 9.44 Å². The molecule has 6 nitrogen and oxygen atoms in total. The molecule has 0 aromatic heterocycles. The van der Waals surface area contributed by atoms with Gasteiger partial charge in [-0.2, -0.15) is 17.9 Å². The monoisotopic (exact) mass is 365 g/mol. The molecular weight excluding hydrogens is 338 g/mol. The number of hydrogen-bond acceptors (Lipinski definition) is 3. The van der Waals surface area contributed by atoms with E-state index in [1.54, 1.807) is 17.0 Å². The van der Waals surface area contributed by atoms with Crippen LogP contribution in [-0.2, 0) is 15.0 Å². The molecule has 25 heavy (non-hydrogen) atoms. The van der Waals surface area contributed by atoms with Crippen LogP contribution < -0.4 is 9.44 Å². The molecular formula is C18H27N3O3S. The molecule has 2 N–H and O–H groups in total. The number of amides is 1. The van der Waals surface area contributed by atoms with Crippen LogP contribution in [-0.4, -0.2) is 38.4 Å². The van der Waals surface area contributed by atoms with Crippen molar-refractivity contribution in [2.45, 2.75) is 57.0 Å². The molecule has 1 unspecified atom stereocenters. The van der Waals surface area contributed by atoms with E-state index in [-0.39, 0.29) is 11.9 Å². The van der Waals surface area contributed by atoms with Gasteiger partial charge in [0.1, 0.15) is 6.04 Å². The van der Waals surface area contributed by atoms with E-state index in [1.165, 1.54) is 0 Å². The molecule has 1 aromatic rings. The highest BCUT2D eigenvalue weighted by molar-refractivity contribution is 7.87. The predicted octanol–water partition coefficient (Wildman–Crippen LogP) is 2.11. The molecule has 0 bridgehead atoms. The van der Waals surface area contributed by atoms with Crippen LogP contribution in [0.4, 0.5) is 0 Å². The van der Waals surface area contributed by atoms with Gasteiger partial charge in [0.15, 0.2) is 0 Å². The van der Waals surface area contributed by atoms with E-state index in [0.717, 1.165) is 44.9 Å². The summed E-state index contributed by atoms with van der Waals surface area (Å²) in [6.07, 6.45) is 6.87. The third-order valence-electron chi connectivity index (χ3n) is 5.00. The standard InChI is InChI=1S/C18H27N3O3S/c22-18(21-13-7-2-8-14-21)17(15-9-3-1-4-10-15)20-25(23,24)19-16-11-5-6-12-16/h1,3-4,9-10,16-17,19-20H,2,5-8,11-14H2. The first kappa shape index (κ1) is 18.4. The average molecular weight is 365 g/mol. The van der Waals surface area contributed by atoms with Crippen molar-refractivity contribution in [2.24, 2.45) is 0 Å². The van der Waals surface area contributed by atoms with Crippen molar-refractivity contribution < 1.29 is 13.2 Å². The maximum absolute atomic E-state index is 13.0. The number of benzene rings is 1. The lowest BCUT2D eigenvalue weighted by molar-refractivity contribution is -0.134. The summed E-state index contributed by atoms with van der Waals surface area (Å²) >= 11 is 0. The average Bonchev–Trinajstić information content (AvgIpc) is 3.13. The number of nitrogens with zero attached hydrogens (tertiary/aromatic N) is 1. The molecule has 0 radical (unpaired) electrons. The Kier molecular flexibility index (Phi) is 6.09. The largest absolute Gasteiger partial charge is 0.341 e. The first-order valence-corrected chi connectivity index (χ1v) is 10.7. The minimum Gasteiger partial charge on any atom is -0.341 e. The van der Waals surface area contributed by atoms with Gasteiger partial charge in [-0.3, -0.25) is 4.79 Å². The molecule has 2 fully saturated rings. The highest BCUT2D eigenvalue weighted by Gasteiger charge is 2.31. The highest BCUT2D eigenvalue weighted by atomic mass is 32.2. The maximum atomic E-state index is 13.0. The lowest BCUT2D eigenvalue weighted by Gasteiger charge is -2.31. The van der Waals surface area contributed by atoms with Crippen LogP contribution in [0.5, 0.6) is 0 Å². The van der Waals surface area contributed by atoms with Crippen molar-refractivity contribution in [3.05, 3.63) is 35.9 Å². The van der Waals surface area contributed by atoms with Crippen LogP contribution in [0, 0.1) is 0 Å². The van der Waals surface area contributed by atoms with Crippen molar-refractivity contribution in [2.75, 3.05) is 13.1 Å². The third-order valence-corrected chi connectivity index (χ3v) is 6.19. The highest BCUT2D eigenvalue weighted by Crippen LogP contribution is 2.21.